The van der Waals surface area contributed by atoms with Crippen LogP contribution in [0.3, 0.4) is 0 Å². The topological polar surface area (TPSA) is 94.3 Å². The minimum absolute atomic E-state index is 0.0149. The van der Waals surface area contributed by atoms with Crippen molar-refractivity contribution in [3.63, 3.8) is 0 Å². The Labute approximate surface area is 109 Å². The molecule has 1 aromatic heterocycles. The van der Waals surface area contributed by atoms with Gasteiger partial charge in [-0.1, -0.05) is 25.6 Å². The third kappa shape index (κ3) is 3.73. The monoisotopic (exact) mass is 273 g/mol. The zero-order valence-electron chi connectivity index (χ0n) is 10.4. The van der Waals surface area contributed by atoms with Gasteiger partial charge in [0.25, 0.3) is 0 Å². The molecule has 0 saturated carbocycles. The van der Waals surface area contributed by atoms with E-state index in [0.717, 1.165) is 11.8 Å². The van der Waals surface area contributed by atoms with Gasteiger partial charge in [0, 0.05) is 5.92 Å². The van der Waals surface area contributed by atoms with E-state index in [1.54, 1.807) is 4.57 Å². The first kappa shape index (κ1) is 14.5. The van der Waals surface area contributed by atoms with Crippen LogP contribution in [0, 0.1) is 0 Å². The molecule has 7 nitrogen and oxygen atoms in total. The van der Waals surface area contributed by atoms with E-state index in [4.69, 9.17) is 5.11 Å². The van der Waals surface area contributed by atoms with Gasteiger partial charge in [0.15, 0.2) is 5.16 Å². The van der Waals surface area contributed by atoms with E-state index >= 15 is 0 Å². The van der Waals surface area contributed by atoms with Crippen LogP contribution in [0.25, 0.3) is 0 Å². The van der Waals surface area contributed by atoms with Gasteiger partial charge in [-0.05, 0) is 0 Å². The van der Waals surface area contributed by atoms with Gasteiger partial charge in [-0.3, -0.25) is 14.2 Å². The fourth-order valence-corrected chi connectivity index (χ4v) is 1.97. The molecule has 8 heteroatoms. The molecule has 1 rings (SSSR count). The molecule has 0 spiro atoms. The van der Waals surface area contributed by atoms with Crippen LogP contribution in [0.2, 0.25) is 0 Å². The summed E-state index contributed by atoms with van der Waals surface area (Å²) in [5.74, 6) is -0.778. The summed E-state index contributed by atoms with van der Waals surface area (Å²) in [7, 11) is 1.30. The highest BCUT2D eigenvalue weighted by Gasteiger charge is 2.18. The van der Waals surface area contributed by atoms with Gasteiger partial charge in [0.1, 0.15) is 12.4 Å². The highest BCUT2D eigenvalue weighted by Crippen LogP contribution is 2.21. The number of hydrogen-bond acceptors (Lipinski definition) is 6. The lowest BCUT2D eigenvalue weighted by atomic mass is 10.2. The maximum absolute atomic E-state index is 11.3. The largest absolute Gasteiger partial charge is 0.481 e. The second-order valence-corrected chi connectivity index (χ2v) is 4.78. The molecular weight excluding hydrogens is 258 g/mol. The van der Waals surface area contributed by atoms with Gasteiger partial charge < -0.3 is 9.84 Å². The number of esters is 1. The molecular formula is C10H15N3O4S. The smallest absolute Gasteiger partial charge is 0.325 e. The Morgan fingerprint density at radius 1 is 1.44 bits per heavy atom. The van der Waals surface area contributed by atoms with Crippen LogP contribution in [0.5, 0.6) is 0 Å². The van der Waals surface area contributed by atoms with E-state index in [1.807, 2.05) is 13.8 Å². The average Bonchev–Trinajstić information content (AvgIpc) is 2.69. The molecule has 0 amide bonds. The number of methoxy groups -OCH3 is 1. The molecule has 0 aliphatic rings. The predicted octanol–water partition coefficient (Wildman–Crippen LogP) is 0.751. The summed E-state index contributed by atoms with van der Waals surface area (Å²) in [6, 6.07) is 0. The van der Waals surface area contributed by atoms with Crippen LogP contribution in [-0.4, -0.2) is 44.7 Å². The van der Waals surface area contributed by atoms with Gasteiger partial charge in [-0.15, -0.1) is 10.2 Å². The number of nitrogens with zero attached hydrogens (tertiary/aromatic N) is 3. The van der Waals surface area contributed by atoms with Crippen molar-refractivity contribution in [3.05, 3.63) is 5.82 Å². The molecule has 1 aromatic rings. The Bertz CT molecular complexity index is 444. The van der Waals surface area contributed by atoms with Crippen LogP contribution in [-0.2, 0) is 20.9 Å². The van der Waals surface area contributed by atoms with E-state index in [2.05, 4.69) is 14.9 Å². The van der Waals surface area contributed by atoms with Crippen LogP contribution in [0.4, 0.5) is 0 Å². The SMILES string of the molecule is COC(=O)Cn1c(SCC(=O)O)nnc1C(C)C. The number of carboxylic acids is 1. The Kier molecular flexibility index (Phi) is 5.14. The Morgan fingerprint density at radius 2 is 2.11 bits per heavy atom. The molecule has 18 heavy (non-hydrogen) atoms. The fourth-order valence-electron chi connectivity index (χ4n) is 1.30. The summed E-state index contributed by atoms with van der Waals surface area (Å²) in [6.07, 6.45) is 0. The molecule has 0 atom stereocenters. The summed E-state index contributed by atoms with van der Waals surface area (Å²) >= 11 is 1.03. The summed E-state index contributed by atoms with van der Waals surface area (Å²) in [5.41, 5.74) is 0. The summed E-state index contributed by atoms with van der Waals surface area (Å²) < 4.78 is 6.19. The van der Waals surface area contributed by atoms with Crippen molar-refractivity contribution in [1.82, 2.24) is 14.8 Å². The summed E-state index contributed by atoms with van der Waals surface area (Å²) in [6.45, 7) is 3.83. The Hall–Kier alpha value is -1.57. The average molecular weight is 273 g/mol. The van der Waals surface area contributed by atoms with Crippen LogP contribution >= 0.6 is 11.8 Å². The van der Waals surface area contributed by atoms with Crippen molar-refractivity contribution < 1.29 is 19.4 Å². The molecule has 0 aliphatic carbocycles. The molecule has 1 heterocycles. The molecule has 0 unspecified atom stereocenters. The van der Waals surface area contributed by atoms with E-state index < -0.39 is 11.9 Å². The normalized spacial score (nSPS) is 10.7. The van der Waals surface area contributed by atoms with Crippen molar-refractivity contribution in [2.24, 2.45) is 0 Å². The van der Waals surface area contributed by atoms with Crippen molar-refractivity contribution in [2.45, 2.75) is 31.5 Å². The first-order valence-electron chi connectivity index (χ1n) is 5.30. The lowest BCUT2D eigenvalue weighted by Gasteiger charge is -2.09. The number of carboxylic acid groups (broad SMARTS) is 1. The maximum Gasteiger partial charge on any atom is 0.325 e. The lowest BCUT2D eigenvalue weighted by Crippen LogP contribution is -2.16. The number of carbonyl (C=O) groups is 2. The molecule has 0 aliphatic heterocycles. The number of carbonyl (C=O) groups excluding carboxylic acids is 1. The number of ether oxygens (including phenoxy) is 1. The third-order valence-corrected chi connectivity index (χ3v) is 3.05. The number of aromatic nitrogens is 3. The number of rotatable bonds is 6. The first-order valence-corrected chi connectivity index (χ1v) is 6.28. The molecule has 0 radical (unpaired) electrons. The zero-order chi connectivity index (χ0) is 13.7. The van der Waals surface area contributed by atoms with Gasteiger partial charge in [-0.25, -0.2) is 0 Å². The van der Waals surface area contributed by atoms with E-state index in [1.165, 1.54) is 7.11 Å². The molecule has 100 valence electrons. The molecule has 0 bridgehead atoms. The Balaban J connectivity index is 2.95. The number of thioether (sulfide) groups is 1. The lowest BCUT2D eigenvalue weighted by molar-refractivity contribution is -0.141. The summed E-state index contributed by atoms with van der Waals surface area (Å²) in [5, 5.41) is 16.9. The molecule has 0 saturated heterocycles. The highest BCUT2D eigenvalue weighted by molar-refractivity contribution is 7.99. The van der Waals surface area contributed by atoms with Crippen LogP contribution < -0.4 is 0 Å². The van der Waals surface area contributed by atoms with Gasteiger partial charge in [0.2, 0.25) is 0 Å². The second-order valence-electron chi connectivity index (χ2n) is 3.84. The molecule has 1 N–H and O–H groups in total. The van der Waals surface area contributed by atoms with Crippen LogP contribution in [0.15, 0.2) is 5.16 Å². The standard InChI is InChI=1S/C10H15N3O4S/c1-6(2)9-11-12-10(18-5-7(14)15)13(9)4-8(16)17-3/h6H,4-5H2,1-3H3,(H,14,15). The van der Waals surface area contributed by atoms with Gasteiger partial charge >= 0.3 is 11.9 Å². The van der Waals surface area contributed by atoms with Crippen molar-refractivity contribution in [3.8, 4) is 0 Å². The predicted molar refractivity (Wildman–Crippen MR) is 64.5 cm³/mol. The van der Waals surface area contributed by atoms with Crippen molar-refractivity contribution >= 4 is 23.7 Å². The van der Waals surface area contributed by atoms with E-state index in [-0.39, 0.29) is 18.2 Å². The minimum Gasteiger partial charge on any atom is -0.481 e. The minimum atomic E-state index is -0.946. The van der Waals surface area contributed by atoms with E-state index in [0.29, 0.717) is 11.0 Å². The van der Waals surface area contributed by atoms with Gasteiger partial charge in [0.05, 0.1) is 12.9 Å². The first-order chi connectivity index (χ1) is 8.45. The fraction of sp³-hybridized carbons (Fsp3) is 0.600. The third-order valence-electron chi connectivity index (χ3n) is 2.10. The quantitative estimate of drug-likeness (QED) is 0.603. The van der Waals surface area contributed by atoms with Gasteiger partial charge in [-0.2, -0.15) is 0 Å². The highest BCUT2D eigenvalue weighted by atomic mass is 32.2. The number of aliphatic carboxylic acids is 1. The van der Waals surface area contributed by atoms with Crippen molar-refractivity contribution in [2.75, 3.05) is 12.9 Å². The van der Waals surface area contributed by atoms with Crippen LogP contribution in [0.1, 0.15) is 25.6 Å². The molecule has 0 fully saturated rings. The molecule has 0 aromatic carbocycles. The van der Waals surface area contributed by atoms with Crippen molar-refractivity contribution in [1.29, 1.82) is 0 Å². The number of hydrogen-bond donors (Lipinski definition) is 1. The summed E-state index contributed by atoms with van der Waals surface area (Å²) in [4.78, 5) is 21.9. The zero-order valence-corrected chi connectivity index (χ0v) is 11.2. The Morgan fingerprint density at radius 3 is 2.61 bits per heavy atom. The van der Waals surface area contributed by atoms with E-state index in [9.17, 15) is 9.59 Å². The second kappa shape index (κ2) is 6.39. The maximum atomic E-state index is 11.3.